The maximum atomic E-state index is 13.0. The predicted molar refractivity (Wildman–Crippen MR) is 106 cm³/mol. The van der Waals surface area contributed by atoms with Crippen LogP contribution in [0.5, 0.6) is 0 Å². The van der Waals surface area contributed by atoms with Crippen LogP contribution in [0, 0.1) is 0 Å². The van der Waals surface area contributed by atoms with Crippen molar-refractivity contribution < 1.29 is 0 Å². The standard InChI is InChI=1S/C21H25N5O/c1-25-20(27)19-18(17(23-24-19)15-10-5-6-11-15)22-21(25)26-13-7-12-16(26)14-8-3-2-4-9-14/h2-4,8-9,15-16H,5-7,10-13H2,1H3,(H,23,24). The highest BCUT2D eigenvalue weighted by molar-refractivity contribution is 5.78. The number of hydrogen-bond donors (Lipinski definition) is 1. The van der Waals surface area contributed by atoms with Crippen molar-refractivity contribution >= 4 is 17.0 Å². The second-order valence-corrected chi connectivity index (χ2v) is 7.85. The smallest absolute Gasteiger partial charge is 0.283 e. The number of aromatic nitrogens is 4. The number of rotatable bonds is 3. The van der Waals surface area contributed by atoms with Crippen LogP contribution in [0.1, 0.15) is 61.7 Å². The fourth-order valence-corrected chi connectivity index (χ4v) is 4.82. The lowest BCUT2D eigenvalue weighted by atomic mass is 10.0. The molecule has 1 saturated heterocycles. The molecule has 1 N–H and O–H groups in total. The first-order chi connectivity index (χ1) is 13.2. The maximum Gasteiger partial charge on any atom is 0.283 e. The fraction of sp³-hybridized carbons (Fsp3) is 0.476. The van der Waals surface area contributed by atoms with E-state index in [-0.39, 0.29) is 11.6 Å². The maximum absolute atomic E-state index is 13.0. The van der Waals surface area contributed by atoms with Gasteiger partial charge < -0.3 is 4.90 Å². The molecular formula is C21H25N5O. The Labute approximate surface area is 158 Å². The van der Waals surface area contributed by atoms with E-state index in [9.17, 15) is 4.79 Å². The topological polar surface area (TPSA) is 66.8 Å². The third-order valence-electron chi connectivity index (χ3n) is 6.24. The summed E-state index contributed by atoms with van der Waals surface area (Å²) in [6.07, 6.45) is 6.98. The van der Waals surface area contributed by atoms with Crippen molar-refractivity contribution in [2.45, 2.75) is 50.5 Å². The van der Waals surface area contributed by atoms with Crippen molar-refractivity contribution in [3.05, 3.63) is 51.9 Å². The SMILES string of the molecule is Cn1c(N2CCCC2c2ccccc2)nc2c(C3CCCC3)[nH]nc2c1=O. The minimum Gasteiger partial charge on any atom is -0.335 e. The van der Waals surface area contributed by atoms with Crippen molar-refractivity contribution in [3.8, 4) is 0 Å². The van der Waals surface area contributed by atoms with Crippen LogP contribution in [0.25, 0.3) is 11.0 Å². The second-order valence-electron chi connectivity index (χ2n) is 7.85. The Balaban J connectivity index is 1.63. The zero-order valence-electron chi connectivity index (χ0n) is 15.7. The summed E-state index contributed by atoms with van der Waals surface area (Å²) in [6.45, 7) is 0.919. The summed E-state index contributed by atoms with van der Waals surface area (Å²) in [5.41, 5.74) is 3.52. The van der Waals surface area contributed by atoms with E-state index in [4.69, 9.17) is 4.98 Å². The number of anilines is 1. The molecule has 1 aliphatic heterocycles. The van der Waals surface area contributed by atoms with Gasteiger partial charge in [0.2, 0.25) is 5.95 Å². The van der Waals surface area contributed by atoms with Gasteiger partial charge in [-0.3, -0.25) is 14.5 Å². The summed E-state index contributed by atoms with van der Waals surface area (Å²) in [4.78, 5) is 20.3. The van der Waals surface area contributed by atoms with E-state index in [0.717, 1.165) is 49.4 Å². The number of nitrogens with zero attached hydrogens (tertiary/aromatic N) is 4. The van der Waals surface area contributed by atoms with Crippen LogP contribution in [0.2, 0.25) is 0 Å². The zero-order chi connectivity index (χ0) is 18.4. The normalized spacial score (nSPS) is 20.8. The molecule has 0 amide bonds. The highest BCUT2D eigenvalue weighted by atomic mass is 16.1. The van der Waals surface area contributed by atoms with E-state index < -0.39 is 0 Å². The predicted octanol–water partition coefficient (Wildman–Crippen LogP) is 3.66. The molecule has 6 nitrogen and oxygen atoms in total. The summed E-state index contributed by atoms with van der Waals surface area (Å²) in [5.74, 6) is 1.21. The Kier molecular flexibility index (Phi) is 3.99. The third-order valence-corrected chi connectivity index (χ3v) is 6.24. The van der Waals surface area contributed by atoms with Gasteiger partial charge in [0.15, 0.2) is 5.52 Å². The zero-order valence-corrected chi connectivity index (χ0v) is 15.7. The summed E-state index contributed by atoms with van der Waals surface area (Å²) in [6, 6.07) is 10.8. The number of aromatic amines is 1. The molecule has 27 heavy (non-hydrogen) atoms. The lowest BCUT2D eigenvalue weighted by molar-refractivity contribution is 0.672. The van der Waals surface area contributed by atoms with E-state index in [1.807, 2.05) is 13.1 Å². The van der Waals surface area contributed by atoms with Crippen LogP contribution in [0.15, 0.2) is 35.1 Å². The molecular weight excluding hydrogens is 338 g/mol. The average molecular weight is 363 g/mol. The van der Waals surface area contributed by atoms with E-state index in [0.29, 0.717) is 11.4 Å². The molecule has 1 aromatic carbocycles. The monoisotopic (exact) mass is 363 g/mol. The van der Waals surface area contributed by atoms with Gasteiger partial charge in [-0.25, -0.2) is 4.98 Å². The van der Waals surface area contributed by atoms with Crippen LogP contribution in [0.3, 0.4) is 0 Å². The van der Waals surface area contributed by atoms with Crippen LogP contribution in [-0.4, -0.2) is 26.3 Å². The van der Waals surface area contributed by atoms with Gasteiger partial charge in [0.05, 0.1) is 11.7 Å². The Bertz CT molecular complexity index is 1020. The van der Waals surface area contributed by atoms with Crippen molar-refractivity contribution in [1.82, 2.24) is 19.7 Å². The number of fused-ring (bicyclic) bond motifs is 1. The highest BCUT2D eigenvalue weighted by Gasteiger charge is 2.31. The van der Waals surface area contributed by atoms with Gasteiger partial charge in [-0.05, 0) is 31.2 Å². The molecule has 2 aliphatic rings. The third kappa shape index (κ3) is 2.66. The molecule has 0 radical (unpaired) electrons. The Hall–Kier alpha value is -2.63. The number of H-pyrrole nitrogens is 1. The summed E-state index contributed by atoms with van der Waals surface area (Å²) < 4.78 is 1.67. The Morgan fingerprint density at radius 3 is 2.59 bits per heavy atom. The fourth-order valence-electron chi connectivity index (χ4n) is 4.82. The van der Waals surface area contributed by atoms with E-state index in [1.165, 1.54) is 18.4 Å². The first kappa shape index (κ1) is 16.5. The molecule has 6 heteroatoms. The van der Waals surface area contributed by atoms with Crippen molar-refractivity contribution in [3.63, 3.8) is 0 Å². The largest absolute Gasteiger partial charge is 0.335 e. The van der Waals surface area contributed by atoms with E-state index in [1.54, 1.807) is 4.57 Å². The summed E-state index contributed by atoms with van der Waals surface area (Å²) >= 11 is 0. The molecule has 5 rings (SSSR count). The van der Waals surface area contributed by atoms with E-state index >= 15 is 0 Å². The molecule has 1 unspecified atom stereocenters. The van der Waals surface area contributed by atoms with Crippen LogP contribution in [0.4, 0.5) is 5.95 Å². The molecule has 2 fully saturated rings. The quantitative estimate of drug-likeness (QED) is 0.771. The minimum absolute atomic E-state index is 0.0609. The molecule has 2 aromatic heterocycles. The minimum atomic E-state index is -0.0609. The van der Waals surface area contributed by atoms with Crippen molar-refractivity contribution in [2.75, 3.05) is 11.4 Å². The molecule has 0 bridgehead atoms. The Morgan fingerprint density at radius 2 is 1.81 bits per heavy atom. The van der Waals surface area contributed by atoms with Gasteiger partial charge in [-0.2, -0.15) is 5.10 Å². The lowest BCUT2D eigenvalue weighted by Crippen LogP contribution is -2.31. The Morgan fingerprint density at radius 1 is 1.04 bits per heavy atom. The molecule has 3 aromatic rings. The van der Waals surface area contributed by atoms with Crippen molar-refractivity contribution in [2.24, 2.45) is 7.05 Å². The van der Waals surface area contributed by atoms with E-state index in [2.05, 4.69) is 39.4 Å². The summed E-state index contributed by atoms with van der Waals surface area (Å²) in [7, 11) is 1.81. The molecule has 0 spiro atoms. The van der Waals surface area contributed by atoms with Gasteiger partial charge in [0, 0.05) is 19.5 Å². The van der Waals surface area contributed by atoms with Crippen LogP contribution >= 0.6 is 0 Å². The first-order valence-corrected chi connectivity index (χ1v) is 10.0. The lowest BCUT2D eigenvalue weighted by Gasteiger charge is -2.27. The molecule has 1 saturated carbocycles. The molecule has 1 atom stereocenters. The van der Waals surface area contributed by atoms with Gasteiger partial charge >= 0.3 is 0 Å². The number of nitrogens with one attached hydrogen (secondary N) is 1. The molecule has 1 aliphatic carbocycles. The van der Waals surface area contributed by atoms with Crippen molar-refractivity contribution in [1.29, 1.82) is 0 Å². The average Bonchev–Trinajstić information content (AvgIpc) is 3.45. The molecule has 140 valence electrons. The van der Waals surface area contributed by atoms with Crippen LogP contribution < -0.4 is 10.5 Å². The van der Waals surface area contributed by atoms with Gasteiger partial charge in [-0.1, -0.05) is 43.2 Å². The summed E-state index contributed by atoms with van der Waals surface area (Å²) in [5, 5.41) is 7.47. The first-order valence-electron chi connectivity index (χ1n) is 10.0. The second kappa shape index (κ2) is 6.51. The number of hydrogen-bond acceptors (Lipinski definition) is 4. The number of benzene rings is 1. The van der Waals surface area contributed by atoms with Gasteiger partial charge in [-0.15, -0.1) is 0 Å². The highest BCUT2D eigenvalue weighted by Crippen LogP contribution is 2.38. The van der Waals surface area contributed by atoms with Gasteiger partial charge in [0.25, 0.3) is 5.56 Å². The molecule has 3 heterocycles. The van der Waals surface area contributed by atoms with Gasteiger partial charge in [0.1, 0.15) is 5.52 Å². The van der Waals surface area contributed by atoms with Crippen LogP contribution in [-0.2, 0) is 7.05 Å².